The van der Waals surface area contributed by atoms with Crippen molar-refractivity contribution in [3.63, 3.8) is 0 Å². The first-order valence-corrected chi connectivity index (χ1v) is 8.47. The summed E-state index contributed by atoms with van der Waals surface area (Å²) in [4.78, 5) is 30.4. The van der Waals surface area contributed by atoms with Crippen LogP contribution in [0.1, 0.15) is 20.8 Å². The molecule has 0 unspecified atom stereocenters. The number of aromatic nitrogens is 2. The number of pyridine rings is 2. The predicted octanol–water partition coefficient (Wildman–Crippen LogP) is 1.45. The summed E-state index contributed by atoms with van der Waals surface area (Å²) in [5.74, 6) is -2.17. The SMILES string of the molecule is O=C(NS(=O)(=O)c1cccc2cccnc12)c1ccc(C(=O)O)nc1. The van der Waals surface area contributed by atoms with Crippen molar-refractivity contribution in [1.82, 2.24) is 14.7 Å². The van der Waals surface area contributed by atoms with Gasteiger partial charge in [-0.2, -0.15) is 0 Å². The number of hydrogen-bond donors (Lipinski definition) is 2. The molecule has 0 spiro atoms. The third kappa shape index (κ3) is 3.31. The smallest absolute Gasteiger partial charge is 0.354 e. The van der Waals surface area contributed by atoms with Gasteiger partial charge in [0.05, 0.1) is 11.1 Å². The summed E-state index contributed by atoms with van der Waals surface area (Å²) in [7, 11) is -4.17. The molecule has 126 valence electrons. The summed E-state index contributed by atoms with van der Waals surface area (Å²) in [6, 6.07) is 10.3. The van der Waals surface area contributed by atoms with E-state index in [2.05, 4.69) is 9.97 Å². The zero-order chi connectivity index (χ0) is 18.0. The molecule has 25 heavy (non-hydrogen) atoms. The number of nitrogens with one attached hydrogen (secondary N) is 1. The van der Waals surface area contributed by atoms with E-state index in [9.17, 15) is 18.0 Å². The highest BCUT2D eigenvalue weighted by molar-refractivity contribution is 7.90. The van der Waals surface area contributed by atoms with E-state index in [-0.39, 0.29) is 21.7 Å². The van der Waals surface area contributed by atoms with Gasteiger partial charge in [-0.25, -0.2) is 22.9 Å². The largest absolute Gasteiger partial charge is 0.477 e. The molecule has 0 saturated carbocycles. The van der Waals surface area contributed by atoms with Crippen molar-refractivity contribution in [3.05, 3.63) is 66.1 Å². The highest BCUT2D eigenvalue weighted by Crippen LogP contribution is 2.20. The Balaban J connectivity index is 1.92. The maximum absolute atomic E-state index is 12.5. The average molecular weight is 357 g/mol. The predicted molar refractivity (Wildman–Crippen MR) is 87.6 cm³/mol. The molecule has 3 aromatic rings. The average Bonchev–Trinajstić information content (AvgIpc) is 2.61. The van der Waals surface area contributed by atoms with Crippen molar-refractivity contribution in [2.75, 3.05) is 0 Å². The van der Waals surface area contributed by atoms with Crippen LogP contribution in [-0.4, -0.2) is 35.4 Å². The lowest BCUT2D eigenvalue weighted by Gasteiger charge is -2.09. The Bertz CT molecular complexity index is 1070. The Hall–Kier alpha value is -3.33. The number of carbonyl (C=O) groups excluding carboxylic acids is 1. The number of nitrogens with zero attached hydrogens (tertiary/aromatic N) is 2. The number of benzene rings is 1. The van der Waals surface area contributed by atoms with Gasteiger partial charge in [-0.1, -0.05) is 18.2 Å². The fourth-order valence-electron chi connectivity index (χ4n) is 2.18. The lowest BCUT2D eigenvalue weighted by molar-refractivity contribution is 0.0689. The highest BCUT2D eigenvalue weighted by atomic mass is 32.2. The fourth-order valence-corrected chi connectivity index (χ4v) is 3.34. The first kappa shape index (κ1) is 16.5. The van der Waals surface area contributed by atoms with Crippen molar-refractivity contribution in [3.8, 4) is 0 Å². The summed E-state index contributed by atoms with van der Waals surface area (Å²) < 4.78 is 27.0. The van der Waals surface area contributed by atoms with Gasteiger partial charge in [-0.3, -0.25) is 9.78 Å². The molecule has 0 saturated heterocycles. The summed E-state index contributed by atoms with van der Waals surface area (Å²) in [6.07, 6.45) is 2.45. The molecule has 0 bridgehead atoms. The number of carboxylic acids is 1. The molecule has 1 amide bonds. The van der Waals surface area contributed by atoms with Crippen molar-refractivity contribution >= 4 is 32.8 Å². The quantitative estimate of drug-likeness (QED) is 0.723. The van der Waals surface area contributed by atoms with Crippen LogP contribution in [0.15, 0.2) is 59.8 Å². The van der Waals surface area contributed by atoms with Crippen LogP contribution >= 0.6 is 0 Å². The molecule has 1 aromatic carbocycles. The van der Waals surface area contributed by atoms with E-state index in [0.717, 1.165) is 12.3 Å². The number of amides is 1. The van der Waals surface area contributed by atoms with Crippen molar-refractivity contribution in [2.24, 2.45) is 0 Å². The van der Waals surface area contributed by atoms with Crippen molar-refractivity contribution in [2.45, 2.75) is 4.90 Å². The molecular weight excluding hydrogens is 346 g/mol. The summed E-state index contributed by atoms with van der Waals surface area (Å²) in [5, 5.41) is 9.40. The molecule has 2 N–H and O–H groups in total. The summed E-state index contributed by atoms with van der Waals surface area (Å²) >= 11 is 0. The standard InChI is InChI=1S/C16H11N3O5S/c20-15(11-6-7-12(16(21)22)18-9-11)19-25(23,24)13-5-1-3-10-4-2-8-17-14(10)13/h1-9H,(H,19,20)(H,21,22). The maximum Gasteiger partial charge on any atom is 0.354 e. The maximum atomic E-state index is 12.5. The first-order valence-electron chi connectivity index (χ1n) is 6.99. The minimum atomic E-state index is -4.17. The molecule has 8 nitrogen and oxygen atoms in total. The number of sulfonamides is 1. The Labute approximate surface area is 142 Å². The van der Waals surface area contributed by atoms with E-state index in [4.69, 9.17) is 5.11 Å². The molecule has 2 heterocycles. The van der Waals surface area contributed by atoms with Crippen LogP contribution in [0.2, 0.25) is 0 Å². The Morgan fingerprint density at radius 3 is 2.44 bits per heavy atom. The topological polar surface area (TPSA) is 126 Å². The number of hydrogen-bond acceptors (Lipinski definition) is 6. The second-order valence-corrected chi connectivity index (χ2v) is 6.65. The first-order chi connectivity index (χ1) is 11.9. The third-order valence-electron chi connectivity index (χ3n) is 3.36. The molecule has 0 atom stereocenters. The molecule has 0 aliphatic rings. The van der Waals surface area contributed by atoms with E-state index in [0.29, 0.717) is 5.39 Å². The van der Waals surface area contributed by atoms with E-state index in [1.54, 1.807) is 24.3 Å². The van der Waals surface area contributed by atoms with E-state index < -0.39 is 21.9 Å². The van der Waals surface area contributed by atoms with Gasteiger partial charge in [0.2, 0.25) is 0 Å². The Kier molecular flexibility index (Phi) is 4.15. The van der Waals surface area contributed by atoms with Crippen LogP contribution in [0.5, 0.6) is 0 Å². The summed E-state index contributed by atoms with van der Waals surface area (Å²) in [6.45, 7) is 0. The minimum absolute atomic E-state index is 0.0817. The number of carbonyl (C=O) groups is 2. The molecule has 0 radical (unpaired) electrons. The second kappa shape index (κ2) is 6.29. The van der Waals surface area contributed by atoms with E-state index in [1.165, 1.54) is 18.3 Å². The number of carboxylic acid groups (broad SMARTS) is 1. The van der Waals surface area contributed by atoms with E-state index >= 15 is 0 Å². The molecule has 0 fully saturated rings. The van der Waals surface area contributed by atoms with Gasteiger partial charge in [0.1, 0.15) is 10.6 Å². The van der Waals surface area contributed by atoms with E-state index in [1.807, 2.05) is 4.72 Å². The van der Waals surface area contributed by atoms with Gasteiger partial charge in [-0.05, 0) is 24.3 Å². The fraction of sp³-hybridized carbons (Fsp3) is 0. The zero-order valence-electron chi connectivity index (χ0n) is 12.6. The van der Waals surface area contributed by atoms with Gasteiger partial charge in [0.15, 0.2) is 0 Å². The van der Waals surface area contributed by atoms with Crippen molar-refractivity contribution < 1.29 is 23.1 Å². The normalized spacial score (nSPS) is 11.2. The number of fused-ring (bicyclic) bond motifs is 1. The molecule has 3 rings (SSSR count). The van der Waals surface area contributed by atoms with Gasteiger partial charge in [-0.15, -0.1) is 0 Å². The van der Waals surface area contributed by atoms with Crippen LogP contribution in [0.4, 0.5) is 0 Å². The minimum Gasteiger partial charge on any atom is -0.477 e. The molecule has 0 aliphatic heterocycles. The number of aromatic carboxylic acids is 1. The lowest BCUT2D eigenvalue weighted by Crippen LogP contribution is -2.31. The third-order valence-corrected chi connectivity index (χ3v) is 4.72. The van der Waals surface area contributed by atoms with Gasteiger partial charge < -0.3 is 5.11 Å². The van der Waals surface area contributed by atoms with Crippen LogP contribution in [0, 0.1) is 0 Å². The molecule has 2 aromatic heterocycles. The molecule has 9 heteroatoms. The highest BCUT2D eigenvalue weighted by Gasteiger charge is 2.22. The lowest BCUT2D eigenvalue weighted by atomic mass is 10.2. The van der Waals surface area contributed by atoms with Crippen LogP contribution < -0.4 is 4.72 Å². The van der Waals surface area contributed by atoms with Crippen LogP contribution in [0.3, 0.4) is 0 Å². The van der Waals surface area contributed by atoms with Gasteiger partial charge in [0.25, 0.3) is 15.9 Å². The Morgan fingerprint density at radius 1 is 1.00 bits per heavy atom. The molecule has 0 aliphatic carbocycles. The van der Waals surface area contributed by atoms with Gasteiger partial charge in [0, 0.05) is 17.8 Å². The van der Waals surface area contributed by atoms with Crippen molar-refractivity contribution in [1.29, 1.82) is 0 Å². The monoisotopic (exact) mass is 357 g/mol. The number of rotatable bonds is 4. The zero-order valence-corrected chi connectivity index (χ0v) is 13.4. The summed E-state index contributed by atoms with van der Waals surface area (Å²) in [5.41, 5.74) is -0.0934. The van der Waals surface area contributed by atoms with Crippen LogP contribution in [-0.2, 0) is 10.0 Å². The molecular formula is C16H11N3O5S. The van der Waals surface area contributed by atoms with Gasteiger partial charge >= 0.3 is 5.97 Å². The van der Waals surface area contributed by atoms with Crippen LogP contribution in [0.25, 0.3) is 10.9 Å². The Morgan fingerprint density at radius 2 is 1.76 bits per heavy atom. The second-order valence-electron chi connectivity index (χ2n) is 5.00. The number of para-hydroxylation sites is 1.